The van der Waals surface area contributed by atoms with Gasteiger partial charge in [-0.2, -0.15) is 0 Å². The highest BCUT2D eigenvalue weighted by Gasteiger charge is 2.38. The summed E-state index contributed by atoms with van der Waals surface area (Å²) in [6.07, 6.45) is 10.9. The summed E-state index contributed by atoms with van der Waals surface area (Å²) in [5.74, 6) is 2.04. The zero-order chi connectivity index (χ0) is 63.5. The number of rotatable bonds is 28. The molecule has 0 unspecified atom stereocenters. The van der Waals surface area contributed by atoms with Gasteiger partial charge in [0, 0.05) is 15.7 Å². The van der Waals surface area contributed by atoms with Crippen molar-refractivity contribution in [3.8, 4) is 72.5 Å². The minimum atomic E-state index is -0.367. The van der Waals surface area contributed by atoms with Crippen molar-refractivity contribution in [1.29, 1.82) is 0 Å². The van der Waals surface area contributed by atoms with Gasteiger partial charge in [-0.25, -0.2) is 0 Å². The van der Waals surface area contributed by atoms with Crippen molar-refractivity contribution < 1.29 is 4.74 Å². The molecule has 462 valence electrons. The molecular weight excluding hydrogens is 1150 g/mol. The van der Waals surface area contributed by atoms with Gasteiger partial charge in [-0.15, -0.1) is 11.8 Å². The maximum Gasteiger partial charge on any atom is 0.119 e. The third-order valence-corrected chi connectivity index (χ3v) is 20.3. The molecule has 2 heteroatoms. The van der Waals surface area contributed by atoms with E-state index < -0.39 is 0 Å². The Bertz CT molecular complexity index is 3680. The lowest BCUT2D eigenvalue weighted by Gasteiger charge is -2.37. The van der Waals surface area contributed by atoms with E-state index in [0.717, 1.165) is 62.9 Å². The van der Waals surface area contributed by atoms with Crippen molar-refractivity contribution in [3.05, 3.63) is 385 Å². The molecule has 1 nitrogen and oxygen atoms in total. The Balaban J connectivity index is 0.639. The number of benzene rings is 13. The lowest BCUT2D eigenvalue weighted by molar-refractivity contribution is 0.303. The molecule has 0 aromatic heterocycles. The quantitative estimate of drug-likeness (QED) is 0.0275. The highest BCUT2D eigenvalue weighted by atomic mass is 32.2. The zero-order valence-electron chi connectivity index (χ0n) is 53.8. The summed E-state index contributed by atoms with van der Waals surface area (Å²) in [7, 11) is 0. The molecule has 0 saturated heterocycles. The van der Waals surface area contributed by atoms with Crippen LogP contribution in [-0.2, 0) is 10.8 Å². The number of hydrogen-bond acceptors (Lipinski definition) is 2. The summed E-state index contributed by atoms with van der Waals surface area (Å²) in [6.45, 7) is 0.707. The van der Waals surface area contributed by atoms with Gasteiger partial charge in [-0.3, -0.25) is 0 Å². The average Bonchev–Trinajstić information content (AvgIpc) is 0.771. The first-order valence-electron chi connectivity index (χ1n) is 33.9. The zero-order valence-corrected chi connectivity index (χ0v) is 54.6. The van der Waals surface area contributed by atoms with E-state index in [2.05, 4.69) is 352 Å². The maximum absolute atomic E-state index is 6.42. The Hall–Kier alpha value is -9.99. The van der Waals surface area contributed by atoms with Crippen molar-refractivity contribution in [3.63, 3.8) is 0 Å². The number of ether oxygens (including phenoxy) is 1. The number of thioether (sulfide) groups is 1. The molecule has 94 heavy (non-hydrogen) atoms. The molecule has 0 aliphatic carbocycles. The fraction of sp³-hybridized carbons (Fsp3) is 0.152. The van der Waals surface area contributed by atoms with E-state index in [9.17, 15) is 0 Å². The van der Waals surface area contributed by atoms with Crippen LogP contribution in [0, 0.1) is 0 Å². The van der Waals surface area contributed by atoms with Crippen LogP contribution in [0.1, 0.15) is 97.6 Å². The van der Waals surface area contributed by atoms with Gasteiger partial charge in [-0.1, -0.05) is 366 Å². The van der Waals surface area contributed by atoms with Gasteiger partial charge >= 0.3 is 0 Å². The van der Waals surface area contributed by atoms with E-state index in [0.29, 0.717) is 6.61 Å². The van der Waals surface area contributed by atoms with E-state index in [1.54, 1.807) is 0 Å². The van der Waals surface area contributed by atoms with Crippen molar-refractivity contribution >= 4 is 11.8 Å². The van der Waals surface area contributed by atoms with Gasteiger partial charge < -0.3 is 4.74 Å². The maximum atomic E-state index is 6.42. The highest BCUT2D eigenvalue weighted by Crippen LogP contribution is 2.48. The van der Waals surface area contributed by atoms with E-state index >= 15 is 0 Å². The molecule has 0 aliphatic heterocycles. The van der Waals surface area contributed by atoms with Crippen molar-refractivity contribution in [2.45, 2.75) is 79.9 Å². The summed E-state index contributed by atoms with van der Waals surface area (Å²) in [5.41, 5.74) is 22.0. The Kier molecular flexibility index (Phi) is 20.8. The van der Waals surface area contributed by atoms with Gasteiger partial charge in [0.25, 0.3) is 0 Å². The van der Waals surface area contributed by atoms with Gasteiger partial charge in [-0.05, 0) is 156 Å². The van der Waals surface area contributed by atoms with Crippen LogP contribution in [0.3, 0.4) is 0 Å². The van der Waals surface area contributed by atoms with Crippen molar-refractivity contribution in [2.75, 3.05) is 12.4 Å². The molecule has 13 aromatic rings. The van der Waals surface area contributed by atoms with Crippen LogP contribution in [-0.4, -0.2) is 12.4 Å². The fourth-order valence-corrected chi connectivity index (χ4v) is 14.9. The summed E-state index contributed by atoms with van der Waals surface area (Å²) in [5, 5.41) is 0. The van der Waals surface area contributed by atoms with E-state index in [1.165, 1.54) is 118 Å². The second kappa shape index (κ2) is 31.1. The molecule has 13 rings (SSSR count). The van der Waals surface area contributed by atoms with Crippen LogP contribution in [0.25, 0.3) is 66.8 Å². The first-order valence-corrected chi connectivity index (χ1v) is 34.9. The lowest BCUT2D eigenvalue weighted by Crippen LogP contribution is -2.29. The summed E-state index contributed by atoms with van der Waals surface area (Å²) < 4.78 is 6.42. The van der Waals surface area contributed by atoms with Crippen LogP contribution in [0.15, 0.2) is 357 Å². The van der Waals surface area contributed by atoms with E-state index in [-0.39, 0.29) is 10.8 Å². The Morgan fingerprint density at radius 2 is 0.426 bits per heavy atom. The van der Waals surface area contributed by atoms with Gasteiger partial charge in [0.2, 0.25) is 0 Å². The highest BCUT2D eigenvalue weighted by molar-refractivity contribution is 7.99. The van der Waals surface area contributed by atoms with E-state index in [4.69, 9.17) is 4.74 Å². The van der Waals surface area contributed by atoms with Gasteiger partial charge in [0.1, 0.15) is 5.75 Å². The minimum Gasteiger partial charge on any atom is -0.494 e. The van der Waals surface area contributed by atoms with Crippen LogP contribution in [0.5, 0.6) is 5.75 Å². The predicted octanol–water partition coefficient (Wildman–Crippen LogP) is 25.1. The van der Waals surface area contributed by atoms with Crippen molar-refractivity contribution in [1.82, 2.24) is 0 Å². The Morgan fingerprint density at radius 3 is 0.681 bits per heavy atom. The number of unbranched alkanes of at least 4 members (excludes halogenated alkanes) is 6. The smallest absolute Gasteiger partial charge is 0.119 e. The Morgan fingerprint density at radius 1 is 0.202 bits per heavy atom. The lowest BCUT2D eigenvalue weighted by atomic mass is 9.66. The molecule has 0 spiro atoms. The molecule has 0 aliphatic rings. The Labute approximate surface area is 562 Å². The third-order valence-electron chi connectivity index (χ3n) is 19.2. The first kappa shape index (κ1) is 62.8. The molecule has 0 saturated carbocycles. The first-order chi connectivity index (χ1) is 46.6. The fourth-order valence-electron chi connectivity index (χ4n) is 14.0. The predicted molar refractivity (Wildman–Crippen MR) is 400 cm³/mol. The molecule has 0 radical (unpaired) electrons. The molecule has 0 heterocycles. The minimum absolute atomic E-state index is 0.350. The third kappa shape index (κ3) is 14.9. The SMILES string of the molecule is c1ccc(-c2ccc(C(CCCCCCOc3ccc(SCCCCCCC(c4ccc(-c5ccccc5)cc4)(c4ccc(-c5ccccc5)cc4)c4ccc(-c5ccccc5)cc4)cc3)(c3ccc(-c4ccccc4)cc3)c3ccc(-c4ccccc4)cc3)cc2)cc1. The second-order valence-corrected chi connectivity index (χ2v) is 26.1. The molecule has 0 N–H and O–H groups in total. The second-order valence-electron chi connectivity index (χ2n) is 25.0. The summed E-state index contributed by atoms with van der Waals surface area (Å²) >= 11 is 1.96. The van der Waals surface area contributed by atoms with Crippen molar-refractivity contribution in [2.24, 2.45) is 0 Å². The molecule has 0 atom stereocenters. The molecule has 0 amide bonds. The molecular formula is C92H82OS. The van der Waals surface area contributed by atoms with Crippen LogP contribution in [0.4, 0.5) is 0 Å². The summed E-state index contributed by atoms with van der Waals surface area (Å²) in [4.78, 5) is 1.30. The van der Waals surface area contributed by atoms with Gasteiger partial charge in [0.15, 0.2) is 0 Å². The van der Waals surface area contributed by atoms with Crippen LogP contribution in [0.2, 0.25) is 0 Å². The standard InChI is InChI=1S/C92H82OS/c1(23-67-91(83-51-39-77(40-52-83)71-27-11-5-12-28-71,84-53-41-78(42-54-84)72-29-13-6-14-30-72)85-55-43-79(44-56-85)73-31-15-7-16-32-73)3-25-69-93-89-63-65-90(66-64-89)94-70-26-4-2-24-68-92(86-57-45-80(46-58-86)74-33-17-8-18-34-74,87-59-47-81(48-60-87)75-35-19-9-20-36-75)88-61-49-82(50-62-88)76-37-21-10-22-38-76/h5-22,27-66H,1-4,23-26,67-70H2. The molecule has 0 fully saturated rings. The molecule has 0 bridgehead atoms. The normalized spacial score (nSPS) is 11.5. The van der Waals surface area contributed by atoms with Crippen LogP contribution >= 0.6 is 11.8 Å². The summed E-state index contributed by atoms with van der Waals surface area (Å²) in [6, 6.07) is 130. The monoisotopic (exact) mass is 1230 g/mol. The largest absolute Gasteiger partial charge is 0.494 e. The topological polar surface area (TPSA) is 9.23 Å². The molecule has 13 aromatic carbocycles. The number of hydrogen-bond donors (Lipinski definition) is 0. The van der Waals surface area contributed by atoms with Gasteiger partial charge in [0.05, 0.1) is 6.61 Å². The van der Waals surface area contributed by atoms with E-state index in [1.807, 2.05) is 11.8 Å². The van der Waals surface area contributed by atoms with Crippen LogP contribution < -0.4 is 4.74 Å². The average molecular weight is 1240 g/mol.